The zero-order chi connectivity index (χ0) is 21.5. The second-order valence-corrected chi connectivity index (χ2v) is 25.2. The van der Waals surface area contributed by atoms with Crippen molar-refractivity contribution >= 4 is 47.5 Å². The Morgan fingerprint density at radius 3 is 2.14 bits per heavy atom. The quantitative estimate of drug-likeness (QED) is 0.360. The second kappa shape index (κ2) is 11.5. The van der Waals surface area contributed by atoms with Gasteiger partial charge in [-0.15, -0.1) is 0 Å². The van der Waals surface area contributed by atoms with Crippen molar-refractivity contribution < 1.29 is 13.5 Å². The Balaban J connectivity index is 2.51. The van der Waals surface area contributed by atoms with Gasteiger partial charge in [0.25, 0.3) is 0 Å². The zero-order valence-corrected chi connectivity index (χ0v) is 22.8. The molecule has 0 fully saturated rings. The standard InChI is InChI=1S/C8H10N3O3S2.3C4H9.Sn/c1-10(2-4-12)16(13,14)7-8-11(6-9-7)3-5-15-8;3*1-3-4-2;/h3,6,12H,2,4H2,1H3;3*1,3-4H2,2H3;. The van der Waals surface area contributed by atoms with E-state index in [4.69, 9.17) is 5.11 Å². The van der Waals surface area contributed by atoms with E-state index in [0.29, 0.717) is 0 Å². The third kappa shape index (κ3) is 5.75. The Kier molecular flexibility index (Phi) is 9.92. The fourth-order valence-electron chi connectivity index (χ4n) is 3.90. The normalized spacial score (nSPS) is 13.0. The number of hydrogen-bond acceptors (Lipinski definition) is 5. The molecule has 0 bridgehead atoms. The molecule has 0 spiro atoms. The van der Waals surface area contributed by atoms with E-state index in [-0.39, 0.29) is 18.2 Å². The fourth-order valence-corrected chi connectivity index (χ4v) is 25.4. The van der Waals surface area contributed by atoms with Crippen molar-refractivity contribution in [2.75, 3.05) is 20.2 Å². The Morgan fingerprint density at radius 2 is 1.66 bits per heavy atom. The number of nitrogens with zero attached hydrogens (tertiary/aromatic N) is 3. The van der Waals surface area contributed by atoms with Crippen LogP contribution in [0.2, 0.25) is 13.3 Å². The van der Waals surface area contributed by atoms with Gasteiger partial charge in [-0.2, -0.15) is 0 Å². The summed E-state index contributed by atoms with van der Waals surface area (Å²) in [6, 6.07) is 0. The maximum atomic E-state index is 12.9. The van der Waals surface area contributed by atoms with Gasteiger partial charge in [-0.1, -0.05) is 0 Å². The summed E-state index contributed by atoms with van der Waals surface area (Å²) in [6.07, 6.45) is 11.3. The van der Waals surface area contributed by atoms with Crippen LogP contribution in [0.4, 0.5) is 0 Å². The molecule has 0 unspecified atom stereocenters. The molecule has 0 aromatic carbocycles. The molecular weight excluding hydrogens is 513 g/mol. The number of aliphatic hydroxyl groups is 1. The van der Waals surface area contributed by atoms with Gasteiger partial charge in [0.2, 0.25) is 0 Å². The van der Waals surface area contributed by atoms with Crippen molar-refractivity contribution in [1.29, 1.82) is 0 Å². The van der Waals surface area contributed by atoms with Gasteiger partial charge in [0.1, 0.15) is 0 Å². The molecule has 0 aliphatic rings. The van der Waals surface area contributed by atoms with E-state index in [9.17, 15) is 8.42 Å². The Morgan fingerprint density at radius 1 is 1.10 bits per heavy atom. The third-order valence-electron chi connectivity index (χ3n) is 5.80. The molecule has 0 atom stereocenters. The predicted molar refractivity (Wildman–Crippen MR) is 125 cm³/mol. The molecule has 2 rings (SSSR count). The molecule has 2 heterocycles. The molecule has 1 N–H and O–H groups in total. The molecule has 2 aromatic heterocycles. The van der Waals surface area contributed by atoms with Crippen LogP contribution in [0.5, 0.6) is 0 Å². The van der Waals surface area contributed by atoms with Crippen LogP contribution in [0.3, 0.4) is 0 Å². The number of aromatic nitrogens is 2. The number of aliphatic hydroxyl groups excluding tert-OH is 1. The molecule has 166 valence electrons. The van der Waals surface area contributed by atoms with Crippen molar-refractivity contribution in [3.05, 3.63) is 12.5 Å². The van der Waals surface area contributed by atoms with Gasteiger partial charge >= 0.3 is 185 Å². The molecule has 0 aliphatic heterocycles. The van der Waals surface area contributed by atoms with Crippen LogP contribution in [0, 0.1) is 0 Å². The molecule has 0 aliphatic carbocycles. The molecule has 0 saturated carbocycles. The first-order valence-electron chi connectivity index (χ1n) is 10.9. The van der Waals surface area contributed by atoms with Crippen LogP contribution in [0.1, 0.15) is 59.3 Å². The van der Waals surface area contributed by atoms with E-state index in [0.717, 1.165) is 4.83 Å². The Bertz CT molecular complexity index is 842. The number of rotatable bonds is 14. The Hall–Kier alpha value is -0.161. The number of fused-ring (bicyclic) bond motifs is 1. The number of imidazole rings is 1. The zero-order valence-electron chi connectivity index (χ0n) is 18.4. The van der Waals surface area contributed by atoms with Crippen LogP contribution >= 0.6 is 11.3 Å². The number of likely N-dealkylation sites (N-methyl/N-ethyl adjacent to an activating group) is 1. The van der Waals surface area contributed by atoms with Crippen LogP contribution in [-0.4, -0.2) is 65.8 Å². The average Bonchev–Trinajstić information content (AvgIpc) is 3.29. The van der Waals surface area contributed by atoms with Gasteiger partial charge in [-0.25, -0.2) is 0 Å². The van der Waals surface area contributed by atoms with Gasteiger partial charge in [0, 0.05) is 0 Å². The summed E-state index contributed by atoms with van der Waals surface area (Å²) in [5, 5.41) is 9.28. The summed E-state index contributed by atoms with van der Waals surface area (Å²) in [5.41, 5.74) is 0. The molecule has 0 radical (unpaired) electrons. The molecular formula is C20H37N3O3S2Sn. The third-order valence-corrected chi connectivity index (χ3v) is 27.0. The molecule has 29 heavy (non-hydrogen) atoms. The molecule has 0 saturated heterocycles. The van der Waals surface area contributed by atoms with Crippen LogP contribution in [-0.2, 0) is 10.0 Å². The van der Waals surface area contributed by atoms with Crippen LogP contribution in [0.25, 0.3) is 4.83 Å². The van der Waals surface area contributed by atoms with Crippen LogP contribution in [0.15, 0.2) is 17.6 Å². The first-order chi connectivity index (χ1) is 13.9. The van der Waals surface area contributed by atoms with Crippen molar-refractivity contribution in [3.8, 4) is 0 Å². The summed E-state index contributed by atoms with van der Waals surface area (Å²) in [4.78, 5) is 4.96. The van der Waals surface area contributed by atoms with E-state index in [1.807, 2.05) is 4.40 Å². The maximum absolute atomic E-state index is 12.9. The summed E-state index contributed by atoms with van der Waals surface area (Å²) < 4.78 is 34.5. The van der Waals surface area contributed by atoms with E-state index in [2.05, 4.69) is 32.0 Å². The van der Waals surface area contributed by atoms with E-state index in [1.54, 1.807) is 17.7 Å². The monoisotopic (exact) mass is 551 g/mol. The molecule has 6 nitrogen and oxygen atoms in total. The summed E-state index contributed by atoms with van der Waals surface area (Å²) in [7, 11) is -2.19. The number of thiazole rings is 1. The molecule has 9 heteroatoms. The van der Waals surface area contributed by atoms with Gasteiger partial charge in [-0.05, 0) is 0 Å². The van der Waals surface area contributed by atoms with E-state index >= 15 is 0 Å². The average molecular weight is 550 g/mol. The van der Waals surface area contributed by atoms with Crippen molar-refractivity contribution in [3.63, 3.8) is 0 Å². The first-order valence-corrected chi connectivity index (χ1v) is 20.6. The van der Waals surface area contributed by atoms with Crippen molar-refractivity contribution in [2.24, 2.45) is 0 Å². The van der Waals surface area contributed by atoms with Gasteiger partial charge < -0.3 is 0 Å². The molecule has 2 aromatic rings. The minimum atomic E-state index is -3.69. The summed E-state index contributed by atoms with van der Waals surface area (Å²) in [5.74, 6) is 0. The van der Waals surface area contributed by atoms with Crippen molar-refractivity contribution in [1.82, 2.24) is 13.7 Å². The number of unbranched alkanes of at least 4 members (excludes halogenated alkanes) is 3. The second-order valence-electron chi connectivity index (χ2n) is 8.00. The van der Waals surface area contributed by atoms with Gasteiger partial charge in [-0.3, -0.25) is 0 Å². The first kappa shape index (κ1) is 25.1. The minimum absolute atomic E-state index is 0.0756. The van der Waals surface area contributed by atoms with Gasteiger partial charge in [0.05, 0.1) is 0 Å². The van der Waals surface area contributed by atoms with E-state index < -0.39 is 28.4 Å². The fraction of sp³-hybridized carbons (Fsp3) is 0.750. The summed E-state index contributed by atoms with van der Waals surface area (Å²) >= 11 is -0.929. The van der Waals surface area contributed by atoms with Crippen LogP contribution < -0.4 is 2.89 Å². The SMILES string of the molecule is CCC[CH2][Sn]([CH2]CCC)([CH2]CCC)[c]1cn2cnc(S(=O)(=O)N(C)CCO)c2s1. The van der Waals surface area contributed by atoms with Crippen molar-refractivity contribution in [2.45, 2.75) is 77.6 Å². The predicted octanol–water partition coefficient (Wildman–Crippen LogP) is 4.06. The summed E-state index contributed by atoms with van der Waals surface area (Å²) in [6.45, 7) is 6.67. The molecule has 0 amide bonds. The van der Waals surface area contributed by atoms with Gasteiger partial charge in [0.15, 0.2) is 0 Å². The topological polar surface area (TPSA) is 74.9 Å². The number of hydrogen-bond donors (Lipinski definition) is 1. The Labute approximate surface area is 184 Å². The number of sulfonamides is 1. The van der Waals surface area contributed by atoms with E-state index in [1.165, 1.54) is 66.1 Å².